The Bertz CT molecular complexity index is 938. The van der Waals surface area contributed by atoms with Crippen LogP contribution in [0.1, 0.15) is 73.8 Å². The van der Waals surface area contributed by atoms with Crippen LogP contribution in [0.3, 0.4) is 0 Å². The number of hydrogen-bond donors (Lipinski definition) is 0. The van der Waals surface area contributed by atoms with Crippen molar-refractivity contribution in [3.63, 3.8) is 0 Å². The summed E-state index contributed by atoms with van der Waals surface area (Å²) in [5.41, 5.74) is 5.00. The molecular formula is C28H37F2N. The fraction of sp³-hybridized carbons (Fsp3) is 0.429. The second kappa shape index (κ2) is 9.80. The number of halogens is 2. The van der Waals surface area contributed by atoms with E-state index in [-0.39, 0.29) is 10.8 Å². The highest BCUT2D eigenvalue weighted by Crippen LogP contribution is 2.39. The second-order valence-electron chi connectivity index (χ2n) is 9.83. The lowest BCUT2D eigenvalue weighted by molar-refractivity contribution is 0.479. The molecule has 31 heavy (non-hydrogen) atoms. The maximum Gasteiger partial charge on any atom is 0.150 e. The molecule has 3 heteroatoms. The molecule has 0 aromatic heterocycles. The van der Waals surface area contributed by atoms with Gasteiger partial charge in [-0.3, -0.25) is 0 Å². The lowest BCUT2D eigenvalue weighted by atomic mass is 9.81. The maximum absolute atomic E-state index is 14.8. The molecule has 0 heterocycles. The molecule has 2 aromatic carbocycles. The van der Waals surface area contributed by atoms with E-state index in [1.165, 1.54) is 23.3 Å². The minimum absolute atomic E-state index is 0.0406. The molecule has 0 saturated heterocycles. The van der Waals surface area contributed by atoms with Gasteiger partial charge in [0.1, 0.15) is 11.6 Å². The minimum atomic E-state index is -0.568. The fourth-order valence-corrected chi connectivity index (χ4v) is 3.67. The average molecular weight is 426 g/mol. The second-order valence-corrected chi connectivity index (χ2v) is 9.83. The highest BCUT2D eigenvalue weighted by atomic mass is 19.1. The monoisotopic (exact) mass is 425 g/mol. The summed E-state index contributed by atoms with van der Waals surface area (Å²) in [6.07, 6.45) is 5.96. The zero-order valence-corrected chi connectivity index (χ0v) is 20.3. The summed E-state index contributed by atoms with van der Waals surface area (Å²) in [6.45, 7) is 17.1. The van der Waals surface area contributed by atoms with Crippen molar-refractivity contribution >= 4 is 11.4 Å². The van der Waals surface area contributed by atoms with Crippen molar-refractivity contribution in [1.29, 1.82) is 0 Å². The van der Waals surface area contributed by atoms with E-state index < -0.39 is 11.6 Å². The van der Waals surface area contributed by atoms with Gasteiger partial charge < -0.3 is 4.90 Å². The standard InChI is InChI=1S/C26H31F2N.C2H6/c1-25(2,3)18-7-12-21(13-8-18)29(24-16-11-20(27)17-23(24)28)22-14-9-19(10-15-22)26(4,5)6;1-2/h7-9,11-14,16-17H,10,15H2,1-6H3;1-2H3. The van der Waals surface area contributed by atoms with Crippen LogP contribution in [0.5, 0.6) is 0 Å². The molecule has 0 N–H and O–H groups in total. The summed E-state index contributed by atoms with van der Waals surface area (Å²) in [4.78, 5) is 1.91. The Kier molecular flexibility index (Phi) is 7.86. The molecule has 0 spiro atoms. The van der Waals surface area contributed by atoms with Crippen LogP contribution in [0.25, 0.3) is 0 Å². The van der Waals surface area contributed by atoms with Crippen molar-refractivity contribution in [3.05, 3.63) is 83.1 Å². The van der Waals surface area contributed by atoms with Crippen LogP contribution < -0.4 is 4.90 Å². The maximum atomic E-state index is 14.8. The molecule has 0 fully saturated rings. The van der Waals surface area contributed by atoms with Gasteiger partial charge in [-0.15, -0.1) is 0 Å². The van der Waals surface area contributed by atoms with Gasteiger partial charge in [-0.2, -0.15) is 0 Å². The highest BCUT2D eigenvalue weighted by molar-refractivity contribution is 5.70. The predicted octanol–water partition coefficient (Wildman–Crippen LogP) is 9.08. The summed E-state index contributed by atoms with van der Waals surface area (Å²) < 4.78 is 28.3. The number of hydrogen-bond acceptors (Lipinski definition) is 1. The van der Waals surface area contributed by atoms with Crippen molar-refractivity contribution in [2.24, 2.45) is 5.41 Å². The van der Waals surface area contributed by atoms with Crippen LogP contribution >= 0.6 is 0 Å². The molecule has 2 aromatic rings. The Balaban J connectivity index is 0.00000166. The van der Waals surface area contributed by atoms with E-state index in [0.717, 1.165) is 30.3 Å². The molecule has 0 radical (unpaired) electrons. The largest absolute Gasteiger partial charge is 0.311 e. The van der Waals surface area contributed by atoms with Crippen molar-refractivity contribution < 1.29 is 8.78 Å². The summed E-state index contributed by atoms with van der Waals surface area (Å²) in [6, 6.07) is 12.0. The normalized spacial score (nSPS) is 14.3. The lowest BCUT2D eigenvalue weighted by Gasteiger charge is -2.33. The average Bonchev–Trinajstić information content (AvgIpc) is 2.71. The molecule has 0 unspecified atom stereocenters. The third-order valence-electron chi connectivity index (χ3n) is 5.52. The number of anilines is 2. The molecule has 0 atom stereocenters. The third kappa shape index (κ3) is 6.06. The number of rotatable bonds is 3. The molecule has 3 rings (SSSR count). The smallest absolute Gasteiger partial charge is 0.150 e. The van der Waals surface area contributed by atoms with Gasteiger partial charge in [0.15, 0.2) is 0 Å². The molecule has 168 valence electrons. The topological polar surface area (TPSA) is 3.24 Å². The first-order valence-electron chi connectivity index (χ1n) is 11.2. The van der Waals surface area contributed by atoms with Crippen LogP contribution in [-0.4, -0.2) is 0 Å². The molecule has 0 saturated carbocycles. The zero-order valence-electron chi connectivity index (χ0n) is 20.3. The van der Waals surface area contributed by atoms with Gasteiger partial charge in [0.25, 0.3) is 0 Å². The van der Waals surface area contributed by atoms with Gasteiger partial charge >= 0.3 is 0 Å². The lowest BCUT2D eigenvalue weighted by Crippen LogP contribution is -2.21. The van der Waals surface area contributed by atoms with E-state index in [4.69, 9.17) is 0 Å². The number of allylic oxidation sites excluding steroid dienone is 4. The number of benzene rings is 2. The summed E-state index contributed by atoms with van der Waals surface area (Å²) in [5.74, 6) is -1.13. The Morgan fingerprint density at radius 1 is 0.742 bits per heavy atom. The molecule has 0 bridgehead atoms. The van der Waals surface area contributed by atoms with Crippen LogP contribution in [0.4, 0.5) is 20.2 Å². The van der Waals surface area contributed by atoms with Crippen LogP contribution in [0.15, 0.2) is 65.9 Å². The van der Waals surface area contributed by atoms with E-state index in [0.29, 0.717) is 5.69 Å². The molecular weight excluding hydrogens is 388 g/mol. The van der Waals surface area contributed by atoms with E-state index in [2.05, 4.69) is 65.8 Å². The van der Waals surface area contributed by atoms with Crippen molar-refractivity contribution in [2.45, 2.75) is 73.6 Å². The van der Waals surface area contributed by atoms with Crippen molar-refractivity contribution in [1.82, 2.24) is 0 Å². The Morgan fingerprint density at radius 2 is 1.35 bits per heavy atom. The van der Waals surface area contributed by atoms with Gasteiger partial charge in [0.2, 0.25) is 0 Å². The van der Waals surface area contributed by atoms with Crippen molar-refractivity contribution in [3.8, 4) is 0 Å². The molecule has 0 amide bonds. The SMILES string of the molecule is CC.CC(C)(C)C1=CC=C(N(c2ccc(C(C)(C)C)cc2)c2ccc(F)cc2F)CC1. The summed E-state index contributed by atoms with van der Waals surface area (Å²) in [5, 5.41) is 0. The van der Waals surface area contributed by atoms with Crippen LogP contribution in [-0.2, 0) is 5.41 Å². The number of nitrogens with zero attached hydrogens (tertiary/aromatic N) is 1. The molecule has 0 aliphatic heterocycles. The third-order valence-corrected chi connectivity index (χ3v) is 5.52. The van der Waals surface area contributed by atoms with E-state index in [9.17, 15) is 8.78 Å². The summed E-state index contributed by atoms with van der Waals surface area (Å²) >= 11 is 0. The fourth-order valence-electron chi connectivity index (χ4n) is 3.67. The van der Waals surface area contributed by atoms with E-state index in [1.807, 2.05) is 30.9 Å². The molecule has 1 aliphatic carbocycles. The van der Waals surface area contributed by atoms with Gasteiger partial charge in [-0.05, 0) is 59.6 Å². The predicted molar refractivity (Wildman–Crippen MR) is 130 cm³/mol. The zero-order chi connectivity index (χ0) is 23.4. The van der Waals surface area contributed by atoms with E-state index in [1.54, 1.807) is 0 Å². The molecule has 1 aliphatic rings. The first kappa shape index (κ1) is 24.8. The van der Waals surface area contributed by atoms with Crippen LogP contribution in [0, 0.1) is 17.0 Å². The Labute approximate surface area is 187 Å². The Hall–Kier alpha value is -2.42. The van der Waals surface area contributed by atoms with Crippen molar-refractivity contribution in [2.75, 3.05) is 4.90 Å². The minimum Gasteiger partial charge on any atom is -0.311 e. The first-order chi connectivity index (χ1) is 14.5. The highest BCUT2D eigenvalue weighted by Gasteiger charge is 2.24. The van der Waals surface area contributed by atoms with E-state index >= 15 is 0 Å². The van der Waals surface area contributed by atoms with Gasteiger partial charge in [0.05, 0.1) is 5.69 Å². The summed E-state index contributed by atoms with van der Waals surface area (Å²) in [7, 11) is 0. The molecule has 1 nitrogen and oxygen atoms in total. The van der Waals surface area contributed by atoms with Gasteiger partial charge in [-0.1, -0.05) is 79.2 Å². The van der Waals surface area contributed by atoms with Crippen LogP contribution in [0.2, 0.25) is 0 Å². The first-order valence-corrected chi connectivity index (χ1v) is 11.2. The Morgan fingerprint density at radius 3 is 1.81 bits per heavy atom. The van der Waals surface area contributed by atoms with Gasteiger partial charge in [0, 0.05) is 17.5 Å². The quantitative estimate of drug-likeness (QED) is 0.474. The van der Waals surface area contributed by atoms with Gasteiger partial charge in [-0.25, -0.2) is 8.78 Å².